The average molecular weight is 404 g/mol. The Morgan fingerprint density at radius 3 is 2.31 bits per heavy atom. The zero-order valence-electron chi connectivity index (χ0n) is 15.7. The first-order valence-corrected chi connectivity index (χ1v) is 9.50. The van der Waals surface area contributed by atoms with E-state index in [0.717, 1.165) is 16.9 Å². The molecular formula is C23H18ClN3O2. The number of aryl methyl sites for hydroxylation is 1. The number of carbonyl (C=O) groups excluding carboxylic acids is 2. The van der Waals surface area contributed by atoms with Gasteiger partial charge in [-0.15, -0.1) is 0 Å². The van der Waals surface area contributed by atoms with Crippen LogP contribution < -0.4 is 5.32 Å². The number of nitrogens with one attached hydrogen (secondary N) is 1. The zero-order valence-corrected chi connectivity index (χ0v) is 16.5. The lowest BCUT2D eigenvalue weighted by atomic mass is 9.98. The monoisotopic (exact) mass is 403 g/mol. The standard InChI is InChI=1S/C23H18ClN3O2/c1-27-20-9-5-4-8-19(20)26-21(27)14-25-23(29)18-7-3-2-6-17(18)22(28)15-10-12-16(24)13-11-15/h2-13H,14H2,1H3,(H,25,29). The number of para-hydroxylation sites is 2. The van der Waals surface area contributed by atoms with Crippen molar-refractivity contribution in [1.29, 1.82) is 0 Å². The Morgan fingerprint density at radius 2 is 1.59 bits per heavy atom. The molecule has 0 bridgehead atoms. The number of nitrogens with zero attached hydrogens (tertiary/aromatic N) is 2. The van der Waals surface area contributed by atoms with Gasteiger partial charge in [-0.2, -0.15) is 0 Å². The number of imidazole rings is 1. The van der Waals surface area contributed by atoms with E-state index in [1.807, 2.05) is 35.9 Å². The van der Waals surface area contributed by atoms with Crippen molar-refractivity contribution in [2.24, 2.45) is 7.05 Å². The molecule has 0 aliphatic rings. The van der Waals surface area contributed by atoms with Crippen LogP contribution in [0.25, 0.3) is 11.0 Å². The average Bonchev–Trinajstić information content (AvgIpc) is 3.08. The van der Waals surface area contributed by atoms with E-state index in [-0.39, 0.29) is 18.2 Å². The number of hydrogen-bond donors (Lipinski definition) is 1. The SMILES string of the molecule is Cn1c(CNC(=O)c2ccccc2C(=O)c2ccc(Cl)cc2)nc2ccccc21. The van der Waals surface area contributed by atoms with E-state index < -0.39 is 0 Å². The summed E-state index contributed by atoms with van der Waals surface area (Å²) in [6, 6.07) is 21.2. The number of carbonyl (C=O) groups is 2. The molecule has 29 heavy (non-hydrogen) atoms. The first-order valence-electron chi connectivity index (χ1n) is 9.12. The van der Waals surface area contributed by atoms with Gasteiger partial charge in [-0.1, -0.05) is 41.9 Å². The van der Waals surface area contributed by atoms with Crippen LogP contribution in [0.2, 0.25) is 5.02 Å². The van der Waals surface area contributed by atoms with E-state index in [2.05, 4.69) is 10.3 Å². The van der Waals surface area contributed by atoms with Crippen LogP contribution in [0.4, 0.5) is 0 Å². The highest BCUT2D eigenvalue weighted by Crippen LogP contribution is 2.18. The molecule has 0 aliphatic carbocycles. The Kier molecular flexibility index (Phi) is 5.14. The van der Waals surface area contributed by atoms with E-state index in [0.29, 0.717) is 21.7 Å². The molecule has 0 saturated carbocycles. The molecule has 1 amide bonds. The molecule has 0 spiro atoms. The third-order valence-electron chi connectivity index (χ3n) is 4.81. The molecule has 0 radical (unpaired) electrons. The molecule has 6 heteroatoms. The molecule has 144 valence electrons. The van der Waals surface area contributed by atoms with Gasteiger partial charge in [0.1, 0.15) is 5.82 Å². The highest BCUT2D eigenvalue weighted by atomic mass is 35.5. The van der Waals surface area contributed by atoms with Crippen molar-refractivity contribution in [3.63, 3.8) is 0 Å². The molecule has 0 unspecified atom stereocenters. The van der Waals surface area contributed by atoms with Crippen LogP contribution in [0.3, 0.4) is 0 Å². The van der Waals surface area contributed by atoms with Gasteiger partial charge in [-0.3, -0.25) is 9.59 Å². The summed E-state index contributed by atoms with van der Waals surface area (Å²) in [4.78, 5) is 30.3. The van der Waals surface area contributed by atoms with E-state index in [9.17, 15) is 9.59 Å². The van der Waals surface area contributed by atoms with Crippen LogP contribution in [0.5, 0.6) is 0 Å². The zero-order chi connectivity index (χ0) is 20.4. The third-order valence-corrected chi connectivity index (χ3v) is 5.06. The minimum absolute atomic E-state index is 0.227. The van der Waals surface area contributed by atoms with Gasteiger partial charge < -0.3 is 9.88 Å². The number of halogens is 1. The van der Waals surface area contributed by atoms with Crippen molar-refractivity contribution < 1.29 is 9.59 Å². The fourth-order valence-corrected chi connectivity index (χ4v) is 3.37. The van der Waals surface area contributed by atoms with Crippen LogP contribution >= 0.6 is 11.6 Å². The Bertz CT molecular complexity index is 1210. The molecule has 5 nitrogen and oxygen atoms in total. The van der Waals surface area contributed by atoms with Gasteiger partial charge in [0.2, 0.25) is 0 Å². The van der Waals surface area contributed by atoms with Gasteiger partial charge in [0.25, 0.3) is 5.91 Å². The molecule has 1 aromatic heterocycles. The molecule has 4 rings (SSSR count). The summed E-state index contributed by atoms with van der Waals surface area (Å²) in [6.07, 6.45) is 0. The first-order chi connectivity index (χ1) is 14.0. The van der Waals surface area contributed by atoms with Crippen molar-refractivity contribution in [3.8, 4) is 0 Å². The van der Waals surface area contributed by atoms with Crippen LogP contribution in [0, 0.1) is 0 Å². The van der Waals surface area contributed by atoms with E-state index in [1.54, 1.807) is 48.5 Å². The second-order valence-electron chi connectivity index (χ2n) is 6.64. The third kappa shape index (κ3) is 3.77. The maximum atomic E-state index is 12.9. The van der Waals surface area contributed by atoms with Gasteiger partial charge in [0, 0.05) is 23.2 Å². The first kappa shape index (κ1) is 18.9. The summed E-state index contributed by atoms with van der Waals surface area (Å²) in [6.45, 7) is 0.257. The lowest BCUT2D eigenvalue weighted by molar-refractivity contribution is 0.0938. The second-order valence-corrected chi connectivity index (χ2v) is 7.08. The smallest absolute Gasteiger partial charge is 0.252 e. The van der Waals surface area contributed by atoms with Crippen LogP contribution in [-0.4, -0.2) is 21.2 Å². The quantitative estimate of drug-likeness (QED) is 0.503. The van der Waals surface area contributed by atoms with Crippen molar-refractivity contribution in [1.82, 2.24) is 14.9 Å². The van der Waals surface area contributed by atoms with E-state index >= 15 is 0 Å². The summed E-state index contributed by atoms with van der Waals surface area (Å²) in [5, 5.41) is 3.43. The van der Waals surface area contributed by atoms with Crippen LogP contribution in [0.15, 0.2) is 72.8 Å². The number of rotatable bonds is 5. The minimum Gasteiger partial charge on any atom is -0.345 e. The lowest BCUT2D eigenvalue weighted by Gasteiger charge is -2.10. The summed E-state index contributed by atoms with van der Waals surface area (Å²) >= 11 is 5.90. The molecule has 0 fully saturated rings. The maximum Gasteiger partial charge on any atom is 0.252 e. The van der Waals surface area contributed by atoms with Gasteiger partial charge in [-0.25, -0.2) is 4.98 Å². The number of benzene rings is 3. The highest BCUT2D eigenvalue weighted by Gasteiger charge is 2.18. The second kappa shape index (κ2) is 7.89. The van der Waals surface area contributed by atoms with E-state index in [1.165, 1.54) is 0 Å². The molecule has 4 aromatic rings. The van der Waals surface area contributed by atoms with Gasteiger partial charge in [0.15, 0.2) is 5.78 Å². The number of hydrogen-bond acceptors (Lipinski definition) is 3. The Hall–Kier alpha value is -3.44. The fourth-order valence-electron chi connectivity index (χ4n) is 3.24. The van der Waals surface area contributed by atoms with Crippen molar-refractivity contribution in [3.05, 3.63) is 100 Å². The number of fused-ring (bicyclic) bond motifs is 1. The highest BCUT2D eigenvalue weighted by molar-refractivity contribution is 6.30. The van der Waals surface area contributed by atoms with Crippen molar-refractivity contribution in [2.45, 2.75) is 6.54 Å². The molecule has 1 heterocycles. The molecule has 0 atom stereocenters. The topological polar surface area (TPSA) is 64.0 Å². The maximum absolute atomic E-state index is 12.9. The van der Waals surface area contributed by atoms with Crippen molar-refractivity contribution >= 4 is 34.3 Å². The lowest BCUT2D eigenvalue weighted by Crippen LogP contribution is -2.26. The van der Waals surface area contributed by atoms with Crippen LogP contribution in [0.1, 0.15) is 32.1 Å². The Morgan fingerprint density at radius 1 is 0.931 bits per heavy atom. The van der Waals surface area contributed by atoms with Crippen molar-refractivity contribution in [2.75, 3.05) is 0 Å². The Balaban J connectivity index is 1.57. The normalized spacial score (nSPS) is 10.8. The van der Waals surface area contributed by atoms with Gasteiger partial charge >= 0.3 is 0 Å². The molecule has 0 saturated heterocycles. The molecule has 3 aromatic carbocycles. The van der Waals surface area contributed by atoms with E-state index in [4.69, 9.17) is 11.6 Å². The molecular weight excluding hydrogens is 386 g/mol. The minimum atomic E-state index is -0.324. The van der Waals surface area contributed by atoms with Crippen LogP contribution in [-0.2, 0) is 13.6 Å². The fraction of sp³-hybridized carbons (Fsp3) is 0.0870. The Labute approximate surface area is 173 Å². The summed E-state index contributed by atoms with van der Waals surface area (Å²) < 4.78 is 1.94. The number of aromatic nitrogens is 2. The predicted molar refractivity (Wildman–Crippen MR) is 113 cm³/mol. The summed E-state index contributed by atoms with van der Waals surface area (Å²) in [7, 11) is 1.91. The summed E-state index contributed by atoms with van der Waals surface area (Å²) in [5.41, 5.74) is 3.01. The predicted octanol–water partition coefficient (Wildman–Crippen LogP) is 4.39. The van der Waals surface area contributed by atoms with Gasteiger partial charge in [0.05, 0.1) is 23.1 Å². The number of amides is 1. The number of ketones is 1. The van der Waals surface area contributed by atoms with Gasteiger partial charge in [-0.05, 0) is 42.5 Å². The largest absolute Gasteiger partial charge is 0.345 e. The molecule has 1 N–H and O–H groups in total. The summed E-state index contributed by atoms with van der Waals surface area (Å²) in [5.74, 6) is 0.186. The molecule has 0 aliphatic heterocycles.